The maximum absolute atomic E-state index is 10.3. The van der Waals surface area contributed by atoms with Gasteiger partial charge in [-0.25, -0.2) is 4.79 Å². The second kappa shape index (κ2) is 6.81. The van der Waals surface area contributed by atoms with Gasteiger partial charge in [-0.2, -0.15) is 0 Å². The van der Waals surface area contributed by atoms with Crippen molar-refractivity contribution in [2.24, 2.45) is 5.41 Å². The summed E-state index contributed by atoms with van der Waals surface area (Å²) in [5.41, 5.74) is -0.595. The fraction of sp³-hybridized carbons (Fsp3) is 0.417. The summed E-state index contributed by atoms with van der Waals surface area (Å²) >= 11 is 0. The Balaban J connectivity index is 0.000000399. The third-order valence-corrected chi connectivity index (χ3v) is 2.17. The highest BCUT2D eigenvalue weighted by molar-refractivity contribution is 5.89. The van der Waals surface area contributed by atoms with Crippen molar-refractivity contribution in [1.29, 1.82) is 0 Å². The van der Waals surface area contributed by atoms with E-state index in [0.29, 0.717) is 0 Å². The molecule has 0 aliphatic heterocycles. The molecule has 6 N–H and O–H groups in total. The van der Waals surface area contributed by atoms with E-state index in [1.807, 2.05) is 0 Å². The number of carbonyl (C=O) groups is 1. The molecule has 0 bridgehead atoms. The molecular weight excluding hydrogens is 256 g/mol. The van der Waals surface area contributed by atoms with Crippen molar-refractivity contribution in [2.45, 2.75) is 13.8 Å². The largest absolute Gasteiger partial charge is 0.504 e. The molecule has 0 aliphatic rings. The zero-order valence-corrected chi connectivity index (χ0v) is 10.7. The quantitative estimate of drug-likeness (QED) is 0.441. The van der Waals surface area contributed by atoms with Gasteiger partial charge >= 0.3 is 5.97 Å². The molecule has 0 unspecified atom stereocenters. The zero-order valence-electron chi connectivity index (χ0n) is 10.7. The molecule has 0 heterocycles. The van der Waals surface area contributed by atoms with Crippen molar-refractivity contribution in [3.05, 3.63) is 17.7 Å². The topological polar surface area (TPSA) is 138 Å². The Kier molecular flexibility index (Phi) is 6.10. The van der Waals surface area contributed by atoms with Gasteiger partial charge in [0.25, 0.3) is 0 Å². The van der Waals surface area contributed by atoms with Crippen LogP contribution in [0.25, 0.3) is 0 Å². The number of phenols is 3. The first-order valence-electron chi connectivity index (χ1n) is 5.34. The lowest BCUT2D eigenvalue weighted by atomic mass is 9.97. The number of hydrogen-bond acceptors (Lipinski definition) is 6. The van der Waals surface area contributed by atoms with Crippen LogP contribution in [0.15, 0.2) is 12.1 Å². The van der Waals surface area contributed by atoms with E-state index in [9.17, 15) is 4.79 Å². The van der Waals surface area contributed by atoms with E-state index in [0.717, 1.165) is 12.1 Å². The van der Waals surface area contributed by atoms with Gasteiger partial charge in [-0.3, -0.25) is 0 Å². The molecule has 1 aromatic rings. The van der Waals surface area contributed by atoms with Gasteiger partial charge in [0.2, 0.25) is 0 Å². The monoisotopic (exact) mass is 274 g/mol. The summed E-state index contributed by atoms with van der Waals surface area (Å²) < 4.78 is 0. The number of phenolic OH excluding ortho intramolecular Hbond substituents is 3. The zero-order chi connectivity index (χ0) is 15.2. The highest BCUT2D eigenvalue weighted by Gasteiger charge is 2.13. The normalized spacial score (nSPS) is 10.5. The van der Waals surface area contributed by atoms with Crippen LogP contribution in [0.3, 0.4) is 0 Å². The lowest BCUT2D eigenvalue weighted by Crippen LogP contribution is -2.20. The van der Waals surface area contributed by atoms with Gasteiger partial charge in [0.1, 0.15) is 0 Å². The van der Waals surface area contributed by atoms with Crippen molar-refractivity contribution >= 4 is 5.97 Å². The van der Waals surface area contributed by atoms with Crippen LogP contribution in [0.4, 0.5) is 0 Å². The Hall–Kier alpha value is -1.99. The van der Waals surface area contributed by atoms with Crippen molar-refractivity contribution in [1.82, 2.24) is 0 Å². The predicted molar refractivity (Wildman–Crippen MR) is 66.3 cm³/mol. The van der Waals surface area contributed by atoms with Crippen LogP contribution in [-0.2, 0) is 0 Å². The Morgan fingerprint density at radius 3 is 1.63 bits per heavy atom. The molecule has 1 aromatic carbocycles. The van der Waals surface area contributed by atoms with Crippen LogP contribution >= 0.6 is 0 Å². The van der Waals surface area contributed by atoms with Crippen LogP contribution in [-0.4, -0.2) is 49.8 Å². The number of aromatic carboxylic acids is 1. The third-order valence-electron chi connectivity index (χ3n) is 2.17. The summed E-state index contributed by atoms with van der Waals surface area (Å²) in [6, 6.07) is 1.69. The number of hydrogen-bond donors (Lipinski definition) is 6. The maximum Gasteiger partial charge on any atom is 0.335 e. The molecule has 0 amide bonds. The molecule has 0 fully saturated rings. The molecule has 0 radical (unpaired) electrons. The number of aromatic hydroxyl groups is 3. The van der Waals surface area contributed by atoms with Crippen LogP contribution in [0.5, 0.6) is 17.2 Å². The molecule has 108 valence electrons. The second-order valence-electron chi connectivity index (χ2n) is 4.65. The Morgan fingerprint density at radius 2 is 1.42 bits per heavy atom. The molecule has 19 heavy (non-hydrogen) atoms. The number of carboxylic acid groups (broad SMARTS) is 1. The second-order valence-corrected chi connectivity index (χ2v) is 4.65. The smallest absolute Gasteiger partial charge is 0.335 e. The van der Waals surface area contributed by atoms with Crippen LogP contribution < -0.4 is 0 Å². The fourth-order valence-electron chi connectivity index (χ4n) is 0.778. The molecule has 0 saturated carbocycles. The average Bonchev–Trinajstić information content (AvgIpc) is 2.36. The van der Waals surface area contributed by atoms with Gasteiger partial charge in [0.05, 0.1) is 18.8 Å². The minimum atomic E-state index is -1.29. The van der Waals surface area contributed by atoms with Crippen molar-refractivity contribution < 1.29 is 35.4 Å². The molecule has 7 heteroatoms. The molecule has 1 rings (SSSR count). The van der Waals surface area contributed by atoms with E-state index < -0.39 is 23.2 Å². The lowest BCUT2D eigenvalue weighted by molar-refractivity contribution is 0.0695. The average molecular weight is 274 g/mol. The van der Waals surface area contributed by atoms with E-state index in [1.165, 1.54) is 0 Å². The first kappa shape index (κ1) is 17.0. The number of aliphatic hydroxyl groups excluding tert-OH is 2. The Labute approximate surface area is 110 Å². The number of rotatable bonds is 3. The van der Waals surface area contributed by atoms with Crippen molar-refractivity contribution in [2.75, 3.05) is 13.2 Å². The molecular formula is C12H18O7. The van der Waals surface area contributed by atoms with E-state index in [1.54, 1.807) is 13.8 Å². The van der Waals surface area contributed by atoms with Gasteiger partial charge in [0.15, 0.2) is 17.2 Å². The highest BCUT2D eigenvalue weighted by atomic mass is 16.4. The van der Waals surface area contributed by atoms with Crippen LogP contribution in [0.1, 0.15) is 24.2 Å². The van der Waals surface area contributed by atoms with Gasteiger partial charge in [-0.15, -0.1) is 0 Å². The number of aliphatic hydroxyl groups is 2. The summed E-state index contributed by atoms with van der Waals surface area (Å²) in [4.78, 5) is 10.3. The van der Waals surface area contributed by atoms with Gasteiger partial charge in [-0.05, 0) is 12.1 Å². The van der Waals surface area contributed by atoms with E-state index >= 15 is 0 Å². The lowest BCUT2D eigenvalue weighted by Gasteiger charge is -2.16. The Morgan fingerprint density at radius 1 is 1.05 bits per heavy atom. The van der Waals surface area contributed by atoms with Crippen molar-refractivity contribution in [3.63, 3.8) is 0 Å². The molecule has 0 atom stereocenters. The third kappa shape index (κ3) is 5.45. The molecule has 7 nitrogen and oxygen atoms in total. The predicted octanol–water partition coefficient (Wildman–Crippen LogP) is 0.499. The van der Waals surface area contributed by atoms with Crippen molar-refractivity contribution in [3.8, 4) is 17.2 Å². The first-order valence-corrected chi connectivity index (χ1v) is 5.34. The minimum absolute atomic E-state index is 0.0451. The highest BCUT2D eigenvalue weighted by Crippen LogP contribution is 2.35. The molecule has 0 saturated heterocycles. The SMILES string of the molecule is CC(C)(CO)CO.O=C(O)c1cc(O)c(O)c(O)c1. The minimum Gasteiger partial charge on any atom is -0.504 e. The summed E-state index contributed by atoms with van der Waals surface area (Å²) in [5.74, 6) is -3.33. The van der Waals surface area contributed by atoms with Gasteiger partial charge in [0, 0.05) is 5.41 Å². The fourth-order valence-corrected chi connectivity index (χ4v) is 0.778. The number of carboxylic acids is 1. The molecule has 0 aromatic heterocycles. The number of benzene rings is 1. The summed E-state index contributed by atoms with van der Waals surface area (Å²) in [7, 11) is 0. The first-order chi connectivity index (χ1) is 8.64. The Bertz CT molecular complexity index is 411. The van der Waals surface area contributed by atoms with E-state index in [-0.39, 0.29) is 24.2 Å². The van der Waals surface area contributed by atoms with Crippen LogP contribution in [0, 0.1) is 5.41 Å². The molecule has 0 aliphatic carbocycles. The van der Waals surface area contributed by atoms with Gasteiger partial charge in [-0.1, -0.05) is 13.8 Å². The summed E-state index contributed by atoms with van der Waals surface area (Å²) in [6.07, 6.45) is 0. The standard InChI is InChI=1S/C7H6O5.C5H12O2/c8-4-1-3(7(11)12)2-5(9)6(4)10;1-5(2,3-6)4-7/h1-2,8-10H,(H,11,12);6-7H,3-4H2,1-2H3. The van der Waals surface area contributed by atoms with Gasteiger partial charge < -0.3 is 30.6 Å². The van der Waals surface area contributed by atoms with E-state index in [2.05, 4.69) is 0 Å². The summed E-state index contributed by atoms with van der Waals surface area (Å²) in [6.45, 7) is 3.69. The maximum atomic E-state index is 10.3. The summed E-state index contributed by atoms with van der Waals surface area (Å²) in [5, 5.41) is 51.8. The van der Waals surface area contributed by atoms with Crippen LogP contribution in [0.2, 0.25) is 0 Å². The molecule has 0 spiro atoms. The van der Waals surface area contributed by atoms with E-state index in [4.69, 9.17) is 30.6 Å².